The number of nitro groups is 1. The second kappa shape index (κ2) is 6.62. The van der Waals surface area contributed by atoms with Crippen LogP contribution in [-0.4, -0.2) is 10.1 Å². The van der Waals surface area contributed by atoms with Crippen LogP contribution in [0.1, 0.15) is 0 Å². The highest BCUT2D eigenvalue weighted by Gasteiger charge is 2.34. The monoisotopic (exact) mass is 365 g/mol. The van der Waals surface area contributed by atoms with Crippen LogP contribution in [0.15, 0.2) is 64.8 Å². The van der Waals surface area contributed by atoms with Gasteiger partial charge in [-0.3, -0.25) is 15.0 Å². The summed E-state index contributed by atoms with van der Waals surface area (Å²) in [6.07, 6.45) is 0.958. The quantitative estimate of drug-likeness (QED) is 0.546. The molecule has 1 saturated heterocycles. The van der Waals surface area contributed by atoms with E-state index in [2.05, 4.69) is 4.99 Å². The molecule has 1 aliphatic heterocycles. The number of rotatable bonds is 3. The normalized spacial score (nSPS) is 17.4. The van der Waals surface area contributed by atoms with E-state index in [1.807, 2.05) is 0 Å². The third-order valence-corrected chi connectivity index (χ3v) is 4.42. The fourth-order valence-corrected chi connectivity index (χ4v) is 3.12. The molecule has 0 radical (unpaired) electrons. The largest absolute Gasteiger partial charge is 0.278 e. The Balaban J connectivity index is 1.95. The van der Waals surface area contributed by atoms with Crippen molar-refractivity contribution >= 4 is 51.5 Å². The predicted molar refractivity (Wildman–Crippen MR) is 95.1 cm³/mol. The molecule has 8 heteroatoms. The highest BCUT2D eigenvalue weighted by atomic mass is 35.5. The van der Waals surface area contributed by atoms with Crippen LogP contribution in [0.4, 0.5) is 11.4 Å². The van der Waals surface area contributed by atoms with Crippen molar-refractivity contribution < 1.29 is 4.92 Å². The Hall–Kier alpha value is -2.02. The molecule has 0 aromatic heterocycles. The molecule has 1 fully saturated rings. The van der Waals surface area contributed by atoms with E-state index in [4.69, 9.17) is 23.2 Å². The molecular weight excluding hydrogens is 357 g/mol. The number of anilines is 1. The van der Waals surface area contributed by atoms with Crippen molar-refractivity contribution in [3.63, 3.8) is 0 Å². The molecule has 2 aromatic carbocycles. The van der Waals surface area contributed by atoms with Gasteiger partial charge in [-0.15, -0.1) is 0 Å². The van der Waals surface area contributed by atoms with E-state index in [1.165, 1.54) is 11.8 Å². The van der Waals surface area contributed by atoms with Crippen molar-refractivity contribution in [2.24, 2.45) is 4.99 Å². The maximum absolute atomic E-state index is 10.7. The van der Waals surface area contributed by atoms with E-state index >= 15 is 0 Å². The van der Waals surface area contributed by atoms with Gasteiger partial charge in [-0.25, -0.2) is 4.99 Å². The molecule has 0 amide bonds. The molecule has 1 aliphatic rings. The summed E-state index contributed by atoms with van der Waals surface area (Å²) in [7, 11) is 0. The zero-order valence-corrected chi connectivity index (χ0v) is 13.8. The summed E-state index contributed by atoms with van der Waals surface area (Å²) in [5.74, 6) is 0. The lowest BCUT2D eigenvalue weighted by Gasteiger charge is -2.34. The van der Waals surface area contributed by atoms with Crippen LogP contribution in [0.5, 0.6) is 0 Å². The molecule has 2 aromatic rings. The van der Waals surface area contributed by atoms with Crippen LogP contribution in [0.2, 0.25) is 10.0 Å². The van der Waals surface area contributed by atoms with E-state index in [0.29, 0.717) is 20.2 Å². The summed E-state index contributed by atoms with van der Waals surface area (Å²) in [6, 6.07) is 14.1. The highest BCUT2D eigenvalue weighted by molar-refractivity contribution is 8.20. The first-order chi connectivity index (χ1) is 11.0. The van der Waals surface area contributed by atoms with Gasteiger partial charge in [0.1, 0.15) is 0 Å². The number of thioether (sulfide) groups is 1. The molecule has 0 atom stereocenters. The summed E-state index contributed by atoms with van der Waals surface area (Å²) in [5, 5.41) is 13.1. The van der Waals surface area contributed by atoms with E-state index in [0.717, 1.165) is 17.6 Å². The maximum atomic E-state index is 10.7. The van der Waals surface area contributed by atoms with Crippen molar-refractivity contribution in [1.82, 2.24) is 0 Å². The van der Waals surface area contributed by atoms with Crippen LogP contribution in [0.3, 0.4) is 0 Å². The fourth-order valence-electron chi connectivity index (χ4n) is 1.94. The SMILES string of the molecule is O=[N+]([O-])/C=C1\SC(=Nc2ccc(Cl)cc2)N1c1ccc(Cl)cc1. The Morgan fingerprint density at radius 1 is 1.04 bits per heavy atom. The summed E-state index contributed by atoms with van der Waals surface area (Å²) in [6.45, 7) is 0. The summed E-state index contributed by atoms with van der Waals surface area (Å²) in [4.78, 5) is 16.5. The molecule has 0 N–H and O–H groups in total. The van der Waals surface area contributed by atoms with E-state index in [9.17, 15) is 10.1 Å². The summed E-state index contributed by atoms with van der Waals surface area (Å²) in [5.41, 5.74) is 1.48. The standard InChI is InChI=1S/C15H9Cl2N3O2S/c16-10-1-5-12(6-2-10)18-15-20(14(23-15)9-19(21)22)13-7-3-11(17)4-8-13/h1-9H/b14-9-,18-15?. The van der Waals surface area contributed by atoms with Crippen LogP contribution in [0, 0.1) is 10.1 Å². The number of benzene rings is 2. The first-order valence-electron chi connectivity index (χ1n) is 6.46. The third kappa shape index (κ3) is 3.67. The van der Waals surface area contributed by atoms with Gasteiger partial charge in [-0.1, -0.05) is 23.2 Å². The van der Waals surface area contributed by atoms with Crippen molar-refractivity contribution in [3.05, 3.63) is 79.9 Å². The van der Waals surface area contributed by atoms with Crippen LogP contribution >= 0.6 is 35.0 Å². The van der Waals surface area contributed by atoms with Gasteiger partial charge < -0.3 is 0 Å². The van der Waals surface area contributed by atoms with Crippen LogP contribution < -0.4 is 4.90 Å². The van der Waals surface area contributed by atoms with Gasteiger partial charge in [0.05, 0.1) is 10.6 Å². The molecule has 0 aliphatic carbocycles. The van der Waals surface area contributed by atoms with E-state index in [1.54, 1.807) is 53.4 Å². The number of nitrogens with zero attached hydrogens (tertiary/aromatic N) is 3. The van der Waals surface area contributed by atoms with Gasteiger partial charge in [0.25, 0.3) is 6.20 Å². The van der Waals surface area contributed by atoms with E-state index in [-0.39, 0.29) is 0 Å². The summed E-state index contributed by atoms with van der Waals surface area (Å²) < 4.78 is 0. The van der Waals surface area contributed by atoms with Crippen LogP contribution in [0.25, 0.3) is 0 Å². The number of amidine groups is 1. The smallest absolute Gasteiger partial charge is 0.265 e. The lowest BCUT2D eigenvalue weighted by Crippen LogP contribution is -2.36. The number of hydrogen-bond donors (Lipinski definition) is 0. The summed E-state index contributed by atoms with van der Waals surface area (Å²) >= 11 is 13.0. The molecule has 0 saturated carbocycles. The molecule has 0 spiro atoms. The lowest BCUT2D eigenvalue weighted by molar-refractivity contribution is -0.402. The topological polar surface area (TPSA) is 58.7 Å². The van der Waals surface area contributed by atoms with E-state index < -0.39 is 4.92 Å². The molecule has 0 bridgehead atoms. The Kier molecular flexibility index (Phi) is 4.56. The molecule has 0 unspecified atom stereocenters. The Bertz CT molecular complexity index is 804. The van der Waals surface area contributed by atoms with Crippen molar-refractivity contribution in [3.8, 4) is 0 Å². The van der Waals surface area contributed by atoms with Gasteiger partial charge in [0.15, 0.2) is 10.2 Å². The number of hydrogen-bond acceptors (Lipinski definition) is 4. The minimum Gasteiger partial charge on any atom is -0.278 e. The third-order valence-electron chi connectivity index (χ3n) is 2.96. The molecule has 3 rings (SSSR count). The van der Waals surface area contributed by atoms with Gasteiger partial charge in [0.2, 0.25) is 0 Å². The fraction of sp³-hybridized carbons (Fsp3) is 0. The second-order valence-electron chi connectivity index (χ2n) is 4.54. The lowest BCUT2D eigenvalue weighted by atomic mass is 10.3. The number of aliphatic imine (C=N–C) groups is 1. The Morgan fingerprint density at radius 2 is 1.61 bits per heavy atom. The zero-order valence-electron chi connectivity index (χ0n) is 11.5. The number of halogens is 2. The minimum absolute atomic E-state index is 0.482. The van der Waals surface area contributed by atoms with Crippen molar-refractivity contribution in [1.29, 1.82) is 0 Å². The molecule has 23 heavy (non-hydrogen) atoms. The van der Waals surface area contributed by atoms with Gasteiger partial charge in [-0.05, 0) is 60.3 Å². The van der Waals surface area contributed by atoms with Crippen molar-refractivity contribution in [2.45, 2.75) is 0 Å². The molecule has 116 valence electrons. The average molecular weight is 366 g/mol. The zero-order chi connectivity index (χ0) is 16.4. The molecule has 1 heterocycles. The van der Waals surface area contributed by atoms with Crippen molar-refractivity contribution in [2.75, 3.05) is 4.90 Å². The first-order valence-corrected chi connectivity index (χ1v) is 8.03. The van der Waals surface area contributed by atoms with Gasteiger partial charge in [-0.2, -0.15) is 0 Å². The van der Waals surface area contributed by atoms with Gasteiger partial charge >= 0.3 is 0 Å². The minimum atomic E-state index is -0.482. The van der Waals surface area contributed by atoms with Gasteiger partial charge in [0, 0.05) is 15.7 Å². The molecule has 5 nitrogen and oxygen atoms in total. The average Bonchev–Trinajstić information content (AvgIpc) is 2.50. The molecular formula is C15H9Cl2N3O2S. The Morgan fingerprint density at radius 3 is 2.17 bits per heavy atom. The second-order valence-corrected chi connectivity index (χ2v) is 6.40. The predicted octanol–water partition coefficient (Wildman–Crippen LogP) is 5.31. The maximum Gasteiger partial charge on any atom is 0.265 e. The highest BCUT2D eigenvalue weighted by Crippen LogP contribution is 2.42. The first kappa shape index (κ1) is 15.9. The Labute approximate surface area is 146 Å². The van der Waals surface area contributed by atoms with Crippen LogP contribution in [-0.2, 0) is 0 Å².